The van der Waals surface area contributed by atoms with Crippen LogP contribution in [0.5, 0.6) is 0 Å². The number of benzene rings is 1. The number of epoxide rings is 1. The zero-order valence-electron chi connectivity index (χ0n) is 28.4. The van der Waals surface area contributed by atoms with Crippen molar-refractivity contribution >= 4 is 23.5 Å². The summed E-state index contributed by atoms with van der Waals surface area (Å²) >= 11 is 0. The average Bonchev–Trinajstić information content (AvgIpc) is 3.68. The van der Waals surface area contributed by atoms with Gasteiger partial charge in [0.1, 0.15) is 17.7 Å². The number of ether oxygens (including phenoxy) is 2. The van der Waals surface area contributed by atoms with Crippen LogP contribution in [-0.2, 0) is 43.2 Å². The summed E-state index contributed by atoms with van der Waals surface area (Å²) in [4.78, 5) is 60.8. The number of aryl methyl sites for hydroxylation is 1. The summed E-state index contributed by atoms with van der Waals surface area (Å²) in [6, 6.07) is 11.9. The van der Waals surface area contributed by atoms with Gasteiger partial charge in [-0.25, -0.2) is 0 Å². The van der Waals surface area contributed by atoms with E-state index in [0.29, 0.717) is 45.0 Å². The van der Waals surface area contributed by atoms with Crippen LogP contribution in [0.15, 0.2) is 65.4 Å². The monoisotopic (exact) mass is 674 g/mol. The van der Waals surface area contributed by atoms with Gasteiger partial charge in [-0.05, 0) is 55.4 Å². The van der Waals surface area contributed by atoms with Gasteiger partial charge in [0, 0.05) is 38.0 Å². The van der Waals surface area contributed by atoms with Gasteiger partial charge in [-0.2, -0.15) is 0 Å². The SMILES string of the molecule is CC(C)CC(NC(=O)[C@H](Cc1ccncc1)NC(=O)[C@H](CCc1ccccc1)NC(=O)c1cc(CN2CCOCC2)on1)C(=O)[C@@]1(C)CO1. The van der Waals surface area contributed by atoms with Crippen molar-refractivity contribution in [1.29, 1.82) is 0 Å². The van der Waals surface area contributed by atoms with Gasteiger partial charge in [-0.3, -0.25) is 29.1 Å². The molecule has 5 rings (SSSR count). The number of Topliss-reactive ketones (excluding diaryl/α,β-unsaturated/α-hetero) is 1. The van der Waals surface area contributed by atoms with Gasteiger partial charge in [0.05, 0.1) is 32.4 Å². The van der Waals surface area contributed by atoms with Crippen molar-refractivity contribution in [2.45, 2.75) is 76.7 Å². The molecule has 0 bridgehead atoms. The lowest BCUT2D eigenvalue weighted by Crippen LogP contribution is -2.57. The van der Waals surface area contributed by atoms with Crippen molar-refractivity contribution in [3.63, 3.8) is 0 Å². The molecule has 13 heteroatoms. The molecular formula is C36H46N6O7. The third-order valence-corrected chi connectivity index (χ3v) is 8.72. The molecule has 3 aromatic rings. The largest absolute Gasteiger partial charge is 0.379 e. The minimum absolute atomic E-state index is 0.0534. The standard InChI is InChI=1S/C36H46N6O7/c1-24(2)19-29(32(43)36(3)23-48-36)39-34(45)30(20-26-11-13-37-14-12-26)40-33(44)28(10-9-25-7-5-4-6-8-25)38-35(46)31-21-27(49-41-31)22-42-15-17-47-18-16-42/h4-8,11-14,21,24,28-30H,9-10,15-20,22-23H2,1-3H3,(H,38,46)(H,39,45)(H,40,44)/t28-,29?,30-,36+/m0/s1. The second-order valence-corrected chi connectivity index (χ2v) is 13.3. The zero-order valence-corrected chi connectivity index (χ0v) is 28.4. The fraction of sp³-hybridized carbons (Fsp3) is 0.500. The first-order chi connectivity index (χ1) is 23.6. The van der Waals surface area contributed by atoms with Gasteiger partial charge in [0.25, 0.3) is 5.91 Å². The highest BCUT2D eigenvalue weighted by Crippen LogP contribution is 2.29. The Morgan fingerprint density at radius 2 is 1.57 bits per heavy atom. The topological polar surface area (TPSA) is 168 Å². The van der Waals surface area contributed by atoms with Crippen molar-refractivity contribution in [1.82, 2.24) is 31.0 Å². The Kier molecular flexibility index (Phi) is 12.3. The van der Waals surface area contributed by atoms with Crippen LogP contribution >= 0.6 is 0 Å². The Morgan fingerprint density at radius 3 is 2.24 bits per heavy atom. The number of rotatable bonds is 17. The molecule has 2 fully saturated rings. The Morgan fingerprint density at radius 1 is 0.898 bits per heavy atom. The molecule has 4 heterocycles. The highest BCUT2D eigenvalue weighted by molar-refractivity contribution is 5.99. The second kappa shape index (κ2) is 16.8. The molecule has 0 radical (unpaired) electrons. The molecule has 0 saturated carbocycles. The molecule has 13 nitrogen and oxygen atoms in total. The van der Waals surface area contributed by atoms with Gasteiger partial charge >= 0.3 is 0 Å². The highest BCUT2D eigenvalue weighted by Gasteiger charge is 2.50. The molecule has 0 spiro atoms. The summed E-state index contributed by atoms with van der Waals surface area (Å²) in [5.74, 6) is -1.17. The summed E-state index contributed by atoms with van der Waals surface area (Å²) < 4.78 is 16.2. The number of carbonyl (C=O) groups is 4. The Hall–Kier alpha value is -4.46. The van der Waals surface area contributed by atoms with Crippen LogP contribution in [0.2, 0.25) is 0 Å². The number of pyridine rings is 1. The van der Waals surface area contributed by atoms with Crippen molar-refractivity contribution in [2.24, 2.45) is 5.92 Å². The van der Waals surface area contributed by atoms with Crippen molar-refractivity contribution in [3.8, 4) is 0 Å². The fourth-order valence-electron chi connectivity index (χ4n) is 5.76. The molecule has 1 unspecified atom stereocenters. The fourth-order valence-corrected chi connectivity index (χ4v) is 5.76. The summed E-state index contributed by atoms with van der Waals surface area (Å²) in [6.45, 7) is 9.19. The maximum atomic E-state index is 14.0. The van der Waals surface area contributed by atoms with Gasteiger partial charge in [0.2, 0.25) is 11.8 Å². The summed E-state index contributed by atoms with van der Waals surface area (Å²) in [7, 11) is 0. The molecule has 1 aromatic carbocycles. The van der Waals surface area contributed by atoms with E-state index in [9.17, 15) is 19.2 Å². The maximum Gasteiger partial charge on any atom is 0.274 e. The predicted octanol–water partition coefficient (Wildman–Crippen LogP) is 2.25. The van der Waals surface area contributed by atoms with Crippen molar-refractivity contribution in [2.75, 3.05) is 32.9 Å². The third-order valence-electron chi connectivity index (χ3n) is 8.72. The Balaban J connectivity index is 1.32. The summed E-state index contributed by atoms with van der Waals surface area (Å²) in [5, 5.41) is 12.6. The van der Waals surface area contributed by atoms with Crippen LogP contribution < -0.4 is 16.0 Å². The maximum absolute atomic E-state index is 14.0. The number of ketones is 1. The predicted molar refractivity (Wildman–Crippen MR) is 179 cm³/mol. The van der Waals surface area contributed by atoms with Crippen molar-refractivity contribution < 1.29 is 33.2 Å². The van der Waals surface area contributed by atoms with E-state index in [2.05, 4.69) is 31.0 Å². The first kappa shape index (κ1) is 35.8. The van der Waals surface area contributed by atoms with Crippen LogP contribution in [0.4, 0.5) is 0 Å². The lowest BCUT2D eigenvalue weighted by atomic mass is 9.93. The number of hydrogen-bond acceptors (Lipinski definition) is 10. The second-order valence-electron chi connectivity index (χ2n) is 13.3. The molecule has 2 aliphatic heterocycles. The van der Waals surface area contributed by atoms with Gasteiger partial charge in [-0.15, -0.1) is 0 Å². The van der Waals surface area contributed by atoms with Crippen LogP contribution in [0, 0.1) is 5.92 Å². The molecule has 262 valence electrons. The van der Waals surface area contributed by atoms with E-state index < -0.39 is 41.4 Å². The lowest BCUT2D eigenvalue weighted by molar-refractivity contribution is -0.133. The number of nitrogens with zero attached hydrogens (tertiary/aromatic N) is 3. The van der Waals surface area contributed by atoms with Crippen LogP contribution in [0.3, 0.4) is 0 Å². The van der Waals surface area contributed by atoms with E-state index in [4.69, 9.17) is 14.0 Å². The van der Waals surface area contributed by atoms with E-state index in [0.717, 1.165) is 24.2 Å². The Bertz CT molecular complexity index is 1550. The number of hydrogen-bond donors (Lipinski definition) is 3. The summed E-state index contributed by atoms with van der Waals surface area (Å²) in [6.07, 6.45) is 4.52. The van der Waals surface area contributed by atoms with Gasteiger partial charge < -0.3 is 29.9 Å². The van der Waals surface area contributed by atoms with E-state index in [1.807, 2.05) is 44.2 Å². The smallest absolute Gasteiger partial charge is 0.274 e. The minimum atomic E-state index is -1.05. The lowest BCUT2D eigenvalue weighted by Gasteiger charge is -2.26. The molecule has 2 aromatic heterocycles. The highest BCUT2D eigenvalue weighted by atomic mass is 16.6. The normalized spacial score (nSPS) is 19.4. The molecule has 2 aliphatic rings. The molecule has 49 heavy (non-hydrogen) atoms. The average molecular weight is 675 g/mol. The number of aromatic nitrogens is 2. The number of morpholine rings is 1. The molecule has 3 amide bonds. The molecular weight excluding hydrogens is 628 g/mol. The molecule has 3 N–H and O–H groups in total. The van der Waals surface area contributed by atoms with E-state index in [1.54, 1.807) is 37.5 Å². The number of amides is 3. The first-order valence-corrected chi connectivity index (χ1v) is 16.9. The molecule has 2 saturated heterocycles. The number of nitrogens with one attached hydrogen (secondary N) is 3. The van der Waals surface area contributed by atoms with Gasteiger partial charge in [-0.1, -0.05) is 49.3 Å². The molecule has 0 aliphatic carbocycles. The quantitative estimate of drug-likeness (QED) is 0.181. The van der Waals surface area contributed by atoms with Crippen LogP contribution in [0.1, 0.15) is 61.0 Å². The van der Waals surface area contributed by atoms with Gasteiger partial charge in [0.15, 0.2) is 17.2 Å². The van der Waals surface area contributed by atoms with Crippen LogP contribution in [0.25, 0.3) is 0 Å². The molecule has 4 atom stereocenters. The minimum Gasteiger partial charge on any atom is -0.379 e. The van der Waals surface area contributed by atoms with E-state index in [1.165, 1.54) is 0 Å². The van der Waals surface area contributed by atoms with Crippen molar-refractivity contribution in [3.05, 3.63) is 83.5 Å². The first-order valence-electron chi connectivity index (χ1n) is 16.9. The third kappa shape index (κ3) is 10.5. The number of carbonyl (C=O) groups excluding carboxylic acids is 4. The van der Waals surface area contributed by atoms with E-state index in [-0.39, 0.29) is 30.2 Å². The zero-order chi connectivity index (χ0) is 34.8. The van der Waals surface area contributed by atoms with Crippen LogP contribution in [-0.4, -0.2) is 95.2 Å². The van der Waals surface area contributed by atoms with E-state index >= 15 is 0 Å². The Labute approximate surface area is 286 Å². The summed E-state index contributed by atoms with van der Waals surface area (Å²) in [5.41, 5.74) is 0.880.